The molecule has 4 nitrogen and oxygen atoms in total. The number of rotatable bonds is 6. The Morgan fingerprint density at radius 1 is 1.35 bits per heavy atom. The predicted octanol–water partition coefficient (Wildman–Crippen LogP) is 3.76. The highest BCUT2D eigenvalue weighted by molar-refractivity contribution is 14.0. The maximum atomic E-state index is 6.18. The van der Waals surface area contributed by atoms with E-state index in [0.717, 1.165) is 24.1 Å². The van der Waals surface area contributed by atoms with E-state index < -0.39 is 0 Å². The summed E-state index contributed by atoms with van der Waals surface area (Å²) in [5.74, 6) is 0.780. The fourth-order valence-electron chi connectivity index (χ4n) is 2.29. The van der Waals surface area contributed by atoms with Gasteiger partial charge in [-0.2, -0.15) is 0 Å². The van der Waals surface area contributed by atoms with Gasteiger partial charge >= 0.3 is 0 Å². The van der Waals surface area contributed by atoms with Crippen molar-refractivity contribution >= 4 is 53.1 Å². The van der Waals surface area contributed by atoms with Crippen molar-refractivity contribution in [3.8, 4) is 0 Å². The second-order valence-electron chi connectivity index (χ2n) is 5.79. The van der Waals surface area contributed by atoms with Gasteiger partial charge < -0.3 is 10.6 Å². The summed E-state index contributed by atoms with van der Waals surface area (Å²) in [6.45, 7) is 3.71. The molecule has 130 valence electrons. The van der Waals surface area contributed by atoms with Crippen molar-refractivity contribution in [2.75, 3.05) is 20.6 Å². The Morgan fingerprint density at radius 2 is 2.04 bits per heavy atom. The molecule has 0 saturated heterocycles. The van der Waals surface area contributed by atoms with Crippen molar-refractivity contribution in [2.45, 2.75) is 38.4 Å². The number of likely N-dealkylation sites (N-methyl/N-ethyl adjacent to an activating group) is 1. The molecule has 1 unspecified atom stereocenters. The largest absolute Gasteiger partial charge is 0.355 e. The third kappa shape index (κ3) is 6.64. The zero-order chi connectivity index (χ0) is 16.1. The van der Waals surface area contributed by atoms with Crippen LogP contribution in [0.3, 0.4) is 0 Å². The molecule has 0 aromatic heterocycles. The van der Waals surface area contributed by atoms with Gasteiger partial charge in [-0.05, 0) is 44.5 Å². The van der Waals surface area contributed by atoms with Crippen LogP contribution in [-0.2, 0) is 6.54 Å². The van der Waals surface area contributed by atoms with Gasteiger partial charge in [0.2, 0.25) is 0 Å². The number of halogens is 3. The summed E-state index contributed by atoms with van der Waals surface area (Å²) in [5.41, 5.74) is 0.997. The summed E-state index contributed by atoms with van der Waals surface area (Å²) in [6.07, 6.45) is 2.64. The highest BCUT2D eigenvalue weighted by Gasteiger charge is 2.28. The molecule has 1 atom stereocenters. The normalized spacial score (nSPS) is 16.0. The molecule has 2 rings (SSSR count). The lowest BCUT2D eigenvalue weighted by molar-refractivity contribution is 0.247. The second kappa shape index (κ2) is 9.91. The Labute approximate surface area is 166 Å². The molecule has 1 saturated carbocycles. The average Bonchev–Trinajstić information content (AvgIpc) is 3.32. The molecule has 0 bridgehead atoms. The van der Waals surface area contributed by atoms with E-state index in [9.17, 15) is 0 Å². The van der Waals surface area contributed by atoms with Crippen LogP contribution < -0.4 is 10.6 Å². The number of hydrogen-bond donors (Lipinski definition) is 2. The molecular weight excluding hydrogens is 446 g/mol. The molecule has 1 fully saturated rings. The molecule has 1 aliphatic carbocycles. The molecular formula is C16H25Cl2IN4. The monoisotopic (exact) mass is 470 g/mol. The lowest BCUT2D eigenvalue weighted by Gasteiger charge is -2.25. The first-order valence-corrected chi connectivity index (χ1v) is 8.37. The van der Waals surface area contributed by atoms with Crippen LogP contribution in [0.2, 0.25) is 10.0 Å². The molecule has 1 aliphatic rings. The van der Waals surface area contributed by atoms with Crippen molar-refractivity contribution in [3.05, 3.63) is 33.8 Å². The standard InChI is InChI=1S/C16H24Cl2N4.HI/c1-11(22(3)14-6-7-14)9-20-16(19-2)21-10-12-4-5-13(17)8-15(12)18;/h4-5,8,11,14H,6-7,9-10H2,1-3H3,(H2,19,20,21);1H. The third-order valence-corrected chi connectivity index (χ3v) is 4.65. The van der Waals surface area contributed by atoms with Gasteiger partial charge in [-0.1, -0.05) is 29.3 Å². The highest BCUT2D eigenvalue weighted by Crippen LogP contribution is 2.26. The van der Waals surface area contributed by atoms with E-state index in [1.807, 2.05) is 12.1 Å². The molecule has 23 heavy (non-hydrogen) atoms. The number of aliphatic imine (C=N–C) groups is 1. The van der Waals surface area contributed by atoms with E-state index in [-0.39, 0.29) is 24.0 Å². The van der Waals surface area contributed by atoms with E-state index in [4.69, 9.17) is 23.2 Å². The van der Waals surface area contributed by atoms with Gasteiger partial charge in [0.25, 0.3) is 0 Å². The summed E-state index contributed by atoms with van der Waals surface area (Å²) >= 11 is 12.1. The zero-order valence-electron chi connectivity index (χ0n) is 13.8. The molecule has 0 radical (unpaired) electrons. The van der Waals surface area contributed by atoms with Gasteiger partial charge in [-0.3, -0.25) is 9.89 Å². The van der Waals surface area contributed by atoms with Crippen molar-refractivity contribution in [2.24, 2.45) is 4.99 Å². The van der Waals surface area contributed by atoms with Gasteiger partial charge in [-0.15, -0.1) is 24.0 Å². The minimum absolute atomic E-state index is 0. The number of benzene rings is 1. The van der Waals surface area contributed by atoms with E-state index in [0.29, 0.717) is 22.6 Å². The van der Waals surface area contributed by atoms with Gasteiger partial charge in [0.15, 0.2) is 5.96 Å². The Balaban J connectivity index is 0.00000264. The first kappa shape index (κ1) is 20.8. The lowest BCUT2D eigenvalue weighted by atomic mass is 10.2. The van der Waals surface area contributed by atoms with Gasteiger partial charge in [-0.25, -0.2) is 0 Å². The number of nitrogens with one attached hydrogen (secondary N) is 2. The first-order chi connectivity index (χ1) is 10.5. The zero-order valence-corrected chi connectivity index (χ0v) is 17.6. The summed E-state index contributed by atoms with van der Waals surface area (Å²) in [7, 11) is 3.96. The molecule has 1 aromatic carbocycles. The van der Waals surface area contributed by atoms with Crippen LogP contribution in [0.1, 0.15) is 25.3 Å². The molecule has 2 N–H and O–H groups in total. The van der Waals surface area contributed by atoms with Crippen molar-refractivity contribution in [3.63, 3.8) is 0 Å². The Hall–Kier alpha value is -0.240. The maximum absolute atomic E-state index is 6.18. The van der Waals surface area contributed by atoms with Crippen LogP contribution in [0.15, 0.2) is 23.2 Å². The fourth-order valence-corrected chi connectivity index (χ4v) is 2.77. The van der Waals surface area contributed by atoms with E-state index in [1.54, 1.807) is 13.1 Å². The smallest absolute Gasteiger partial charge is 0.191 e. The number of nitrogens with zero attached hydrogens (tertiary/aromatic N) is 2. The second-order valence-corrected chi connectivity index (χ2v) is 6.63. The Kier molecular flexibility index (Phi) is 8.97. The van der Waals surface area contributed by atoms with Gasteiger partial charge in [0, 0.05) is 42.3 Å². The minimum atomic E-state index is 0. The average molecular weight is 471 g/mol. The van der Waals surface area contributed by atoms with Crippen LogP contribution in [0.4, 0.5) is 0 Å². The summed E-state index contributed by atoms with van der Waals surface area (Å²) < 4.78 is 0. The van der Waals surface area contributed by atoms with Crippen molar-refractivity contribution < 1.29 is 0 Å². The quantitative estimate of drug-likeness (QED) is 0.377. The van der Waals surface area contributed by atoms with Crippen molar-refractivity contribution in [1.82, 2.24) is 15.5 Å². The molecule has 0 amide bonds. The van der Waals surface area contributed by atoms with Crippen LogP contribution in [0.25, 0.3) is 0 Å². The number of hydrogen-bond acceptors (Lipinski definition) is 2. The van der Waals surface area contributed by atoms with E-state index >= 15 is 0 Å². The van der Waals surface area contributed by atoms with Crippen LogP contribution in [-0.4, -0.2) is 43.6 Å². The molecule has 7 heteroatoms. The minimum Gasteiger partial charge on any atom is -0.355 e. The molecule has 0 aliphatic heterocycles. The van der Waals surface area contributed by atoms with E-state index in [2.05, 4.69) is 34.5 Å². The summed E-state index contributed by atoms with van der Waals surface area (Å²) in [6, 6.07) is 6.76. The fraction of sp³-hybridized carbons (Fsp3) is 0.562. The topological polar surface area (TPSA) is 39.7 Å². The predicted molar refractivity (Wildman–Crippen MR) is 110 cm³/mol. The van der Waals surface area contributed by atoms with Crippen molar-refractivity contribution in [1.29, 1.82) is 0 Å². The molecule has 0 heterocycles. The van der Waals surface area contributed by atoms with Gasteiger partial charge in [0.05, 0.1) is 0 Å². The SMILES string of the molecule is CN=C(NCc1ccc(Cl)cc1Cl)NCC(C)N(C)C1CC1.I. The molecule has 1 aromatic rings. The first-order valence-electron chi connectivity index (χ1n) is 7.61. The summed E-state index contributed by atoms with van der Waals surface area (Å²) in [4.78, 5) is 6.68. The molecule has 0 spiro atoms. The number of guanidine groups is 1. The maximum Gasteiger partial charge on any atom is 0.191 e. The van der Waals surface area contributed by atoms with Crippen LogP contribution in [0, 0.1) is 0 Å². The third-order valence-electron chi connectivity index (χ3n) is 4.07. The highest BCUT2D eigenvalue weighted by atomic mass is 127. The van der Waals surface area contributed by atoms with Crippen LogP contribution >= 0.6 is 47.2 Å². The van der Waals surface area contributed by atoms with Crippen LogP contribution in [0.5, 0.6) is 0 Å². The Bertz CT molecular complexity index is 535. The van der Waals surface area contributed by atoms with E-state index in [1.165, 1.54) is 12.8 Å². The Morgan fingerprint density at radius 3 is 2.61 bits per heavy atom. The summed E-state index contributed by atoms with van der Waals surface area (Å²) in [5, 5.41) is 7.95. The lowest BCUT2D eigenvalue weighted by Crippen LogP contribution is -2.45. The van der Waals surface area contributed by atoms with Gasteiger partial charge in [0.1, 0.15) is 0 Å².